The SMILES string of the molecule is CN(CCC[N+](C)(C)C)C(=O)C(O)(c1ccccc1)c1ccccc1. The molecule has 0 aromatic heterocycles. The summed E-state index contributed by atoms with van der Waals surface area (Å²) < 4.78 is 0.851. The zero-order valence-corrected chi connectivity index (χ0v) is 15.6. The first-order valence-corrected chi connectivity index (χ1v) is 8.64. The van der Waals surface area contributed by atoms with Gasteiger partial charge in [0.1, 0.15) is 0 Å². The number of hydrogen-bond acceptors (Lipinski definition) is 2. The van der Waals surface area contributed by atoms with E-state index in [1.807, 2.05) is 36.4 Å². The van der Waals surface area contributed by atoms with Gasteiger partial charge in [0.15, 0.2) is 5.60 Å². The van der Waals surface area contributed by atoms with Gasteiger partial charge in [-0.05, 0) is 11.1 Å². The maximum Gasteiger partial charge on any atom is 0.263 e. The number of rotatable bonds is 7. The molecule has 4 heteroatoms. The first-order chi connectivity index (χ1) is 11.7. The molecule has 2 rings (SSSR count). The summed E-state index contributed by atoms with van der Waals surface area (Å²) in [6.07, 6.45) is 0.880. The van der Waals surface area contributed by atoms with Gasteiger partial charge < -0.3 is 14.5 Å². The average Bonchev–Trinajstić information content (AvgIpc) is 2.60. The van der Waals surface area contributed by atoms with E-state index in [0.717, 1.165) is 17.4 Å². The van der Waals surface area contributed by atoms with Gasteiger partial charge in [0, 0.05) is 20.0 Å². The van der Waals surface area contributed by atoms with Crippen molar-refractivity contribution in [1.82, 2.24) is 4.90 Å². The second kappa shape index (κ2) is 7.81. The Morgan fingerprint density at radius 2 is 1.40 bits per heavy atom. The first kappa shape index (κ1) is 19.2. The van der Waals surface area contributed by atoms with Gasteiger partial charge in [-0.25, -0.2) is 0 Å². The van der Waals surface area contributed by atoms with Crippen molar-refractivity contribution in [2.45, 2.75) is 12.0 Å². The zero-order chi connectivity index (χ0) is 18.5. The van der Waals surface area contributed by atoms with Crippen LogP contribution in [0.15, 0.2) is 60.7 Å². The maximum absolute atomic E-state index is 13.2. The van der Waals surface area contributed by atoms with E-state index in [-0.39, 0.29) is 5.91 Å². The fourth-order valence-electron chi connectivity index (χ4n) is 2.93. The van der Waals surface area contributed by atoms with Gasteiger partial charge in [-0.15, -0.1) is 0 Å². The summed E-state index contributed by atoms with van der Waals surface area (Å²) in [6, 6.07) is 18.3. The van der Waals surface area contributed by atoms with Gasteiger partial charge in [-0.2, -0.15) is 0 Å². The van der Waals surface area contributed by atoms with Crippen LogP contribution in [0.25, 0.3) is 0 Å². The number of carbonyl (C=O) groups is 1. The molecule has 0 unspecified atom stereocenters. The van der Waals surface area contributed by atoms with Crippen molar-refractivity contribution in [3.63, 3.8) is 0 Å². The highest BCUT2D eigenvalue weighted by Gasteiger charge is 2.41. The van der Waals surface area contributed by atoms with Crippen LogP contribution in [-0.4, -0.2) is 61.7 Å². The molecule has 2 aromatic carbocycles. The number of nitrogens with zero attached hydrogens (tertiary/aromatic N) is 2. The lowest BCUT2D eigenvalue weighted by Crippen LogP contribution is -2.47. The van der Waals surface area contributed by atoms with Crippen LogP contribution in [0, 0.1) is 0 Å². The fraction of sp³-hybridized carbons (Fsp3) is 0.381. The summed E-state index contributed by atoms with van der Waals surface area (Å²) in [4.78, 5) is 14.8. The summed E-state index contributed by atoms with van der Waals surface area (Å²) in [6.45, 7) is 1.57. The third kappa shape index (κ3) is 4.68. The number of likely N-dealkylation sites (N-methyl/N-ethyl adjacent to an activating group) is 1. The highest BCUT2D eigenvalue weighted by molar-refractivity contribution is 5.89. The number of hydrogen-bond donors (Lipinski definition) is 1. The summed E-state index contributed by atoms with van der Waals surface area (Å²) in [5.74, 6) is -0.300. The number of quaternary nitrogens is 1. The third-order valence-electron chi connectivity index (χ3n) is 4.36. The Kier molecular flexibility index (Phi) is 5.98. The van der Waals surface area contributed by atoms with Crippen molar-refractivity contribution in [3.8, 4) is 0 Å². The topological polar surface area (TPSA) is 40.5 Å². The molecule has 0 saturated carbocycles. The van der Waals surface area contributed by atoms with Crippen LogP contribution in [0.2, 0.25) is 0 Å². The Hall–Kier alpha value is -2.17. The number of aliphatic hydroxyl groups is 1. The predicted octanol–water partition coefficient (Wildman–Crippen LogP) is 2.48. The van der Waals surface area contributed by atoms with Crippen molar-refractivity contribution in [3.05, 3.63) is 71.8 Å². The molecule has 0 atom stereocenters. The molecule has 25 heavy (non-hydrogen) atoms. The molecule has 2 aromatic rings. The molecule has 134 valence electrons. The second-order valence-corrected chi connectivity index (χ2v) is 7.54. The predicted molar refractivity (Wildman–Crippen MR) is 101 cm³/mol. The van der Waals surface area contributed by atoms with Crippen LogP contribution < -0.4 is 0 Å². The largest absolute Gasteiger partial charge is 0.372 e. The molecular weight excluding hydrogens is 312 g/mol. The Bertz CT molecular complexity index is 639. The molecule has 0 aliphatic rings. The maximum atomic E-state index is 13.2. The molecule has 0 spiro atoms. The molecule has 0 heterocycles. The van der Waals surface area contributed by atoms with Crippen LogP contribution in [0.5, 0.6) is 0 Å². The van der Waals surface area contributed by atoms with Crippen LogP contribution in [-0.2, 0) is 10.4 Å². The van der Waals surface area contributed by atoms with Crippen LogP contribution >= 0.6 is 0 Å². The van der Waals surface area contributed by atoms with Crippen molar-refractivity contribution in [2.75, 3.05) is 41.3 Å². The molecule has 0 fully saturated rings. The van der Waals surface area contributed by atoms with Crippen molar-refractivity contribution in [2.24, 2.45) is 0 Å². The van der Waals surface area contributed by atoms with E-state index in [1.165, 1.54) is 0 Å². The van der Waals surface area contributed by atoms with E-state index in [4.69, 9.17) is 0 Å². The van der Waals surface area contributed by atoms with Gasteiger partial charge in [0.05, 0.1) is 27.7 Å². The highest BCUT2D eigenvalue weighted by atomic mass is 16.3. The Labute approximate surface area is 150 Å². The Morgan fingerprint density at radius 3 is 1.80 bits per heavy atom. The van der Waals surface area contributed by atoms with Gasteiger partial charge in [-0.1, -0.05) is 60.7 Å². The van der Waals surface area contributed by atoms with Crippen LogP contribution in [0.4, 0.5) is 0 Å². The van der Waals surface area contributed by atoms with Crippen LogP contribution in [0.1, 0.15) is 17.5 Å². The van der Waals surface area contributed by atoms with E-state index in [2.05, 4.69) is 21.1 Å². The second-order valence-electron chi connectivity index (χ2n) is 7.54. The van der Waals surface area contributed by atoms with Crippen molar-refractivity contribution < 1.29 is 14.4 Å². The fourth-order valence-corrected chi connectivity index (χ4v) is 2.93. The summed E-state index contributed by atoms with van der Waals surface area (Å²) in [7, 11) is 8.15. The van der Waals surface area contributed by atoms with Crippen molar-refractivity contribution in [1.29, 1.82) is 0 Å². The molecule has 1 amide bonds. The normalized spacial score (nSPS) is 12.0. The number of benzene rings is 2. The molecule has 0 aliphatic heterocycles. The summed E-state index contributed by atoms with van der Waals surface area (Å²) in [5.41, 5.74) is -0.497. The highest BCUT2D eigenvalue weighted by Crippen LogP contribution is 2.31. The summed E-state index contributed by atoms with van der Waals surface area (Å²) in [5, 5.41) is 11.5. The first-order valence-electron chi connectivity index (χ1n) is 8.64. The number of carbonyl (C=O) groups excluding carboxylic acids is 1. The standard InChI is InChI=1S/C21H29N2O2/c1-22(16-11-17-23(2,3)4)20(24)21(25,18-12-7-5-8-13-18)19-14-9-6-10-15-19/h5-10,12-15,25H,11,16-17H2,1-4H3/q+1. The quantitative estimate of drug-likeness (QED) is 0.786. The smallest absolute Gasteiger partial charge is 0.263 e. The van der Waals surface area contributed by atoms with E-state index >= 15 is 0 Å². The molecular formula is C21H29N2O2+. The monoisotopic (exact) mass is 341 g/mol. The molecule has 1 N–H and O–H groups in total. The van der Waals surface area contributed by atoms with E-state index in [1.54, 1.807) is 36.2 Å². The minimum atomic E-state index is -1.67. The third-order valence-corrected chi connectivity index (χ3v) is 4.36. The van der Waals surface area contributed by atoms with Gasteiger partial charge in [0.25, 0.3) is 5.91 Å². The zero-order valence-electron chi connectivity index (χ0n) is 15.6. The Morgan fingerprint density at radius 1 is 0.960 bits per heavy atom. The van der Waals surface area contributed by atoms with Gasteiger partial charge in [-0.3, -0.25) is 4.79 Å². The molecule has 4 nitrogen and oxygen atoms in total. The minimum absolute atomic E-state index is 0.300. The molecule has 0 saturated heterocycles. The average molecular weight is 341 g/mol. The van der Waals surface area contributed by atoms with Crippen LogP contribution in [0.3, 0.4) is 0 Å². The molecule has 0 bridgehead atoms. The van der Waals surface area contributed by atoms with Crippen molar-refractivity contribution >= 4 is 5.91 Å². The summed E-state index contributed by atoms with van der Waals surface area (Å²) >= 11 is 0. The minimum Gasteiger partial charge on any atom is -0.372 e. The lowest BCUT2D eigenvalue weighted by Gasteiger charge is -2.33. The van der Waals surface area contributed by atoms with Gasteiger partial charge in [0.2, 0.25) is 0 Å². The van der Waals surface area contributed by atoms with E-state index < -0.39 is 5.60 Å². The lowest BCUT2D eigenvalue weighted by atomic mass is 9.85. The lowest BCUT2D eigenvalue weighted by molar-refractivity contribution is -0.870. The van der Waals surface area contributed by atoms with Gasteiger partial charge >= 0.3 is 0 Å². The number of amides is 1. The Balaban J connectivity index is 2.28. The molecule has 0 radical (unpaired) electrons. The molecule has 0 aliphatic carbocycles. The van der Waals surface area contributed by atoms with E-state index in [0.29, 0.717) is 17.7 Å². The van der Waals surface area contributed by atoms with E-state index in [9.17, 15) is 9.90 Å².